The van der Waals surface area contributed by atoms with E-state index in [1.807, 2.05) is 0 Å². The second-order valence-corrected chi connectivity index (χ2v) is 6.91. The third kappa shape index (κ3) is 3.37. The second kappa shape index (κ2) is 6.74. The maximum Gasteiger partial charge on any atom is 0.246 e. The highest BCUT2D eigenvalue weighted by Gasteiger charge is 2.32. The number of sulfonamides is 1. The number of piperidine rings is 1. The van der Waals surface area contributed by atoms with Crippen molar-refractivity contribution in [3.05, 3.63) is 23.8 Å². The van der Waals surface area contributed by atoms with Crippen molar-refractivity contribution in [2.45, 2.75) is 30.4 Å². The zero-order valence-electron chi connectivity index (χ0n) is 12.3. The summed E-state index contributed by atoms with van der Waals surface area (Å²) < 4.78 is 37.4. The molecule has 7 heteroatoms. The molecule has 1 aromatic carbocycles. The van der Waals surface area contributed by atoms with Crippen LogP contribution in [0.25, 0.3) is 0 Å². The van der Waals surface area contributed by atoms with Gasteiger partial charge in [0.15, 0.2) is 0 Å². The lowest BCUT2D eigenvalue weighted by atomic mass is 10.1. The van der Waals surface area contributed by atoms with Crippen LogP contribution < -0.4 is 4.74 Å². The monoisotopic (exact) mass is 315 g/mol. The van der Waals surface area contributed by atoms with Crippen LogP contribution in [-0.4, -0.2) is 51.2 Å². The summed E-state index contributed by atoms with van der Waals surface area (Å²) in [5.74, 6) is 0.251. The molecule has 6 nitrogen and oxygen atoms in total. The maximum atomic E-state index is 12.8. The summed E-state index contributed by atoms with van der Waals surface area (Å²) in [7, 11) is -0.611. The molecule has 0 bridgehead atoms. The molecule has 0 aliphatic carbocycles. The van der Waals surface area contributed by atoms with Gasteiger partial charge in [0.2, 0.25) is 10.0 Å². The highest BCUT2D eigenvalue weighted by molar-refractivity contribution is 7.89. The van der Waals surface area contributed by atoms with Crippen LogP contribution in [0.4, 0.5) is 0 Å². The molecule has 1 aromatic rings. The molecule has 0 spiro atoms. The van der Waals surface area contributed by atoms with E-state index in [1.165, 1.54) is 17.5 Å². The van der Waals surface area contributed by atoms with Crippen molar-refractivity contribution in [3.8, 4) is 5.75 Å². The SMILES string of the molecule is COc1cc(CO)ccc1S(=O)(=O)N1CCCC(OC)C1. The van der Waals surface area contributed by atoms with Gasteiger partial charge >= 0.3 is 0 Å². The van der Waals surface area contributed by atoms with Crippen molar-refractivity contribution in [1.29, 1.82) is 0 Å². The third-order valence-corrected chi connectivity index (χ3v) is 5.61. The average Bonchev–Trinajstić information content (AvgIpc) is 2.54. The lowest BCUT2D eigenvalue weighted by molar-refractivity contribution is 0.0571. The van der Waals surface area contributed by atoms with Gasteiger partial charge in [-0.3, -0.25) is 0 Å². The Hall–Kier alpha value is -1.15. The number of ether oxygens (including phenoxy) is 2. The van der Waals surface area contributed by atoms with E-state index in [-0.39, 0.29) is 23.4 Å². The molecule has 1 aliphatic rings. The van der Waals surface area contributed by atoms with Crippen LogP contribution in [0.15, 0.2) is 23.1 Å². The van der Waals surface area contributed by atoms with Crippen LogP contribution in [0, 0.1) is 0 Å². The minimum atomic E-state index is -3.63. The van der Waals surface area contributed by atoms with Crippen molar-refractivity contribution >= 4 is 10.0 Å². The van der Waals surface area contributed by atoms with E-state index in [0.29, 0.717) is 18.7 Å². The Morgan fingerprint density at radius 3 is 2.76 bits per heavy atom. The molecule has 0 radical (unpaired) electrons. The zero-order chi connectivity index (χ0) is 15.5. The Morgan fingerprint density at radius 1 is 1.38 bits per heavy atom. The molecule has 0 aromatic heterocycles. The molecule has 1 heterocycles. The summed E-state index contributed by atoms with van der Waals surface area (Å²) in [5, 5.41) is 9.13. The van der Waals surface area contributed by atoms with E-state index >= 15 is 0 Å². The molecule has 1 aliphatic heterocycles. The van der Waals surface area contributed by atoms with Gasteiger partial charge in [0.1, 0.15) is 10.6 Å². The fraction of sp³-hybridized carbons (Fsp3) is 0.571. The molecule has 1 unspecified atom stereocenters. The van der Waals surface area contributed by atoms with Crippen LogP contribution >= 0.6 is 0 Å². The van der Waals surface area contributed by atoms with Crippen LogP contribution in [0.2, 0.25) is 0 Å². The van der Waals surface area contributed by atoms with Crippen LogP contribution in [0.1, 0.15) is 18.4 Å². The smallest absolute Gasteiger partial charge is 0.246 e. The molecule has 21 heavy (non-hydrogen) atoms. The van der Waals surface area contributed by atoms with Gasteiger partial charge in [-0.25, -0.2) is 8.42 Å². The lowest BCUT2D eigenvalue weighted by Gasteiger charge is -2.31. The third-order valence-electron chi connectivity index (χ3n) is 3.70. The number of aliphatic hydroxyl groups excluding tert-OH is 1. The summed E-state index contributed by atoms with van der Waals surface area (Å²) in [5.41, 5.74) is 0.610. The molecular formula is C14H21NO5S. The number of hydrogen-bond donors (Lipinski definition) is 1. The first kappa shape index (κ1) is 16.2. The van der Waals surface area contributed by atoms with Crippen molar-refractivity contribution in [2.24, 2.45) is 0 Å². The Labute approximate surface area is 125 Å². The first-order valence-corrected chi connectivity index (χ1v) is 8.27. The van der Waals surface area contributed by atoms with Gasteiger partial charge in [-0.15, -0.1) is 0 Å². The highest BCUT2D eigenvalue weighted by Crippen LogP contribution is 2.29. The van der Waals surface area contributed by atoms with Crippen molar-refractivity contribution in [3.63, 3.8) is 0 Å². The van der Waals surface area contributed by atoms with Gasteiger partial charge in [-0.05, 0) is 30.5 Å². The van der Waals surface area contributed by atoms with Crippen LogP contribution in [-0.2, 0) is 21.4 Å². The number of hydrogen-bond acceptors (Lipinski definition) is 5. The number of benzene rings is 1. The summed E-state index contributed by atoms with van der Waals surface area (Å²) in [6.45, 7) is 0.670. The summed E-state index contributed by atoms with van der Waals surface area (Å²) in [4.78, 5) is 0.124. The summed E-state index contributed by atoms with van der Waals surface area (Å²) in [6.07, 6.45) is 1.56. The Bertz CT molecular complexity index is 587. The molecule has 0 amide bonds. The van der Waals surface area contributed by atoms with E-state index < -0.39 is 10.0 Å². The molecule has 0 saturated carbocycles. The van der Waals surface area contributed by atoms with Gasteiger partial charge in [0, 0.05) is 20.2 Å². The summed E-state index contributed by atoms with van der Waals surface area (Å²) in [6, 6.07) is 4.62. The van der Waals surface area contributed by atoms with Crippen molar-refractivity contribution < 1.29 is 23.0 Å². The fourth-order valence-electron chi connectivity index (χ4n) is 2.48. The van der Waals surface area contributed by atoms with E-state index in [0.717, 1.165) is 12.8 Å². The first-order valence-electron chi connectivity index (χ1n) is 6.83. The van der Waals surface area contributed by atoms with E-state index in [9.17, 15) is 8.42 Å². The highest BCUT2D eigenvalue weighted by atomic mass is 32.2. The van der Waals surface area contributed by atoms with Gasteiger partial charge in [-0.1, -0.05) is 6.07 Å². The topological polar surface area (TPSA) is 76.1 Å². The second-order valence-electron chi connectivity index (χ2n) is 5.01. The minimum Gasteiger partial charge on any atom is -0.495 e. The van der Waals surface area contributed by atoms with Gasteiger partial charge in [-0.2, -0.15) is 4.31 Å². The number of methoxy groups -OCH3 is 2. The molecule has 118 valence electrons. The molecule has 1 fully saturated rings. The Balaban J connectivity index is 2.35. The predicted molar refractivity (Wildman–Crippen MR) is 77.7 cm³/mol. The van der Waals surface area contributed by atoms with Gasteiger partial charge in [0.25, 0.3) is 0 Å². The summed E-state index contributed by atoms with van der Waals surface area (Å²) >= 11 is 0. The average molecular weight is 315 g/mol. The normalized spacial score (nSPS) is 20.4. The molecular weight excluding hydrogens is 294 g/mol. The molecule has 1 saturated heterocycles. The fourth-order valence-corrected chi connectivity index (χ4v) is 4.12. The number of rotatable bonds is 5. The lowest BCUT2D eigenvalue weighted by Crippen LogP contribution is -2.42. The van der Waals surface area contributed by atoms with E-state index in [1.54, 1.807) is 19.2 Å². The molecule has 1 N–H and O–H groups in total. The van der Waals surface area contributed by atoms with Crippen LogP contribution in [0.3, 0.4) is 0 Å². The van der Waals surface area contributed by atoms with Gasteiger partial charge in [0.05, 0.1) is 19.8 Å². The predicted octanol–water partition coefficient (Wildman–Crippen LogP) is 0.987. The largest absolute Gasteiger partial charge is 0.495 e. The number of nitrogens with zero attached hydrogens (tertiary/aromatic N) is 1. The standard InChI is InChI=1S/C14H21NO5S/c1-19-12-4-3-7-15(9-12)21(17,18)14-6-5-11(10-16)8-13(14)20-2/h5-6,8,12,16H,3-4,7,9-10H2,1-2H3. The van der Waals surface area contributed by atoms with Crippen molar-refractivity contribution in [2.75, 3.05) is 27.3 Å². The quantitative estimate of drug-likeness (QED) is 0.877. The van der Waals surface area contributed by atoms with Crippen molar-refractivity contribution in [1.82, 2.24) is 4.31 Å². The van der Waals surface area contributed by atoms with Gasteiger partial charge < -0.3 is 14.6 Å². The molecule has 1 atom stereocenters. The maximum absolute atomic E-state index is 12.8. The Kier molecular flexibility index (Phi) is 5.21. The van der Waals surface area contributed by atoms with E-state index in [2.05, 4.69) is 0 Å². The van der Waals surface area contributed by atoms with E-state index in [4.69, 9.17) is 14.6 Å². The van der Waals surface area contributed by atoms with Crippen LogP contribution in [0.5, 0.6) is 5.75 Å². The molecule has 2 rings (SSSR count). The Morgan fingerprint density at radius 2 is 2.14 bits per heavy atom. The number of aliphatic hydroxyl groups is 1. The zero-order valence-corrected chi connectivity index (χ0v) is 13.1. The minimum absolute atomic E-state index is 0.0729. The first-order chi connectivity index (χ1) is 10.0.